The Morgan fingerprint density at radius 1 is 1.17 bits per heavy atom. The number of aryl methyl sites for hydroxylation is 1. The molecule has 0 aliphatic rings. The largest absolute Gasteiger partial charge is 0.396 e. The fraction of sp³-hybridized carbons (Fsp3) is 0.158. The zero-order chi connectivity index (χ0) is 16.2. The Kier molecular flexibility index (Phi) is 4.22. The maximum absolute atomic E-state index is 9.39. The molecule has 3 aromatic rings. The van der Waals surface area contributed by atoms with Crippen LogP contribution in [0.5, 0.6) is 0 Å². The van der Waals surface area contributed by atoms with Crippen LogP contribution in [0.15, 0.2) is 54.9 Å². The van der Waals surface area contributed by atoms with Crippen LogP contribution in [-0.2, 0) is 6.42 Å². The maximum atomic E-state index is 9.39. The van der Waals surface area contributed by atoms with Gasteiger partial charge in [-0.25, -0.2) is 4.98 Å². The number of imidazole rings is 1. The summed E-state index contributed by atoms with van der Waals surface area (Å²) in [5.74, 6) is 0.922. The third-order valence-electron chi connectivity index (χ3n) is 3.90. The van der Waals surface area contributed by atoms with Crippen LogP contribution in [0.2, 0.25) is 0 Å². The van der Waals surface area contributed by atoms with E-state index < -0.39 is 0 Å². The molecule has 3 rings (SSSR count). The Bertz CT molecular complexity index is 857. The number of nitrogens with zero attached hydrogens (tertiary/aromatic N) is 3. The molecule has 0 spiro atoms. The smallest absolute Gasteiger partial charge is 0.110 e. The lowest BCUT2D eigenvalue weighted by molar-refractivity contribution is 0.300. The van der Waals surface area contributed by atoms with Crippen LogP contribution in [0, 0.1) is 18.3 Å². The van der Waals surface area contributed by atoms with Crippen LogP contribution < -0.4 is 0 Å². The van der Waals surface area contributed by atoms with Crippen LogP contribution in [0.1, 0.15) is 17.0 Å². The van der Waals surface area contributed by atoms with Crippen molar-refractivity contribution in [2.45, 2.75) is 13.3 Å². The molecule has 23 heavy (non-hydrogen) atoms. The van der Waals surface area contributed by atoms with Crippen molar-refractivity contribution in [3.8, 4) is 22.9 Å². The average molecular weight is 303 g/mol. The second kappa shape index (κ2) is 6.47. The molecule has 0 fully saturated rings. The van der Waals surface area contributed by atoms with Crippen molar-refractivity contribution >= 4 is 0 Å². The van der Waals surface area contributed by atoms with Crippen LogP contribution in [-0.4, -0.2) is 21.3 Å². The monoisotopic (exact) mass is 303 g/mol. The molecule has 4 heteroatoms. The number of aliphatic hydroxyl groups is 1. The van der Waals surface area contributed by atoms with Crippen molar-refractivity contribution in [3.05, 3.63) is 71.8 Å². The number of aromatic nitrogens is 2. The minimum absolute atomic E-state index is 0.0929. The van der Waals surface area contributed by atoms with E-state index in [0.29, 0.717) is 12.0 Å². The lowest BCUT2D eigenvalue weighted by Gasteiger charge is -2.13. The number of rotatable bonds is 4. The highest BCUT2D eigenvalue weighted by Gasteiger charge is 2.09. The minimum Gasteiger partial charge on any atom is -0.396 e. The van der Waals surface area contributed by atoms with Gasteiger partial charge in [0.25, 0.3) is 0 Å². The van der Waals surface area contributed by atoms with Gasteiger partial charge in [-0.2, -0.15) is 5.26 Å². The van der Waals surface area contributed by atoms with Crippen molar-refractivity contribution in [3.63, 3.8) is 0 Å². The predicted molar refractivity (Wildman–Crippen MR) is 89.2 cm³/mol. The quantitative estimate of drug-likeness (QED) is 0.804. The fourth-order valence-corrected chi connectivity index (χ4v) is 2.71. The Morgan fingerprint density at radius 3 is 2.57 bits per heavy atom. The van der Waals surface area contributed by atoms with Gasteiger partial charge in [0, 0.05) is 24.7 Å². The summed E-state index contributed by atoms with van der Waals surface area (Å²) in [5.41, 5.74) is 4.86. The van der Waals surface area contributed by atoms with Gasteiger partial charge in [-0.1, -0.05) is 18.2 Å². The van der Waals surface area contributed by atoms with Crippen molar-refractivity contribution in [1.29, 1.82) is 5.26 Å². The van der Waals surface area contributed by atoms with E-state index in [1.807, 2.05) is 48.0 Å². The lowest BCUT2D eigenvalue weighted by Crippen LogP contribution is -2.00. The summed E-state index contributed by atoms with van der Waals surface area (Å²) in [4.78, 5) is 4.25. The van der Waals surface area contributed by atoms with Crippen LogP contribution in [0.4, 0.5) is 0 Å². The van der Waals surface area contributed by atoms with Crippen molar-refractivity contribution in [1.82, 2.24) is 9.55 Å². The molecule has 1 N–H and O–H groups in total. The summed E-state index contributed by atoms with van der Waals surface area (Å²) in [7, 11) is 0. The normalized spacial score (nSPS) is 10.5. The number of benzene rings is 2. The summed E-state index contributed by atoms with van der Waals surface area (Å²) in [6.07, 6.45) is 4.28. The molecule has 114 valence electrons. The Hall–Kier alpha value is -2.90. The van der Waals surface area contributed by atoms with E-state index in [2.05, 4.69) is 23.2 Å². The molecule has 0 aliphatic carbocycles. The molecule has 0 radical (unpaired) electrons. The van der Waals surface area contributed by atoms with Gasteiger partial charge in [0.15, 0.2) is 0 Å². The molecule has 0 bridgehead atoms. The highest BCUT2D eigenvalue weighted by Crippen LogP contribution is 2.27. The van der Waals surface area contributed by atoms with Crippen molar-refractivity contribution in [2.75, 3.05) is 6.61 Å². The second-order valence-electron chi connectivity index (χ2n) is 5.35. The first kappa shape index (κ1) is 15.0. The van der Waals surface area contributed by atoms with E-state index in [9.17, 15) is 5.11 Å². The van der Waals surface area contributed by atoms with Crippen molar-refractivity contribution < 1.29 is 5.11 Å². The molecule has 1 heterocycles. The van der Waals surface area contributed by atoms with Crippen LogP contribution >= 0.6 is 0 Å². The van der Waals surface area contributed by atoms with Gasteiger partial charge in [-0.05, 0) is 54.3 Å². The highest BCUT2D eigenvalue weighted by molar-refractivity contribution is 5.69. The molecule has 0 unspecified atom stereocenters. The van der Waals surface area contributed by atoms with Crippen LogP contribution in [0.25, 0.3) is 16.8 Å². The molecule has 0 saturated heterocycles. The SMILES string of the molecule is Cc1nccn1-c1ccc(-c2ccc(C#N)cc2)c(CCO)c1. The lowest BCUT2D eigenvalue weighted by atomic mass is 9.96. The number of hydrogen-bond donors (Lipinski definition) is 1. The molecular weight excluding hydrogens is 286 g/mol. The summed E-state index contributed by atoms with van der Waals surface area (Å²) in [5, 5.41) is 18.3. The zero-order valence-corrected chi connectivity index (χ0v) is 12.9. The molecule has 2 aromatic carbocycles. The Balaban J connectivity index is 2.06. The second-order valence-corrected chi connectivity index (χ2v) is 5.35. The van der Waals surface area contributed by atoms with Gasteiger partial charge in [0.05, 0.1) is 11.6 Å². The van der Waals surface area contributed by atoms with Gasteiger partial charge >= 0.3 is 0 Å². The highest BCUT2D eigenvalue weighted by atomic mass is 16.2. The van der Waals surface area contributed by atoms with E-state index in [4.69, 9.17) is 5.26 Å². The van der Waals surface area contributed by atoms with Gasteiger partial charge in [0.1, 0.15) is 5.82 Å². The summed E-state index contributed by atoms with van der Waals surface area (Å²) in [6.45, 7) is 2.05. The average Bonchev–Trinajstić information content (AvgIpc) is 3.01. The summed E-state index contributed by atoms with van der Waals surface area (Å²) >= 11 is 0. The van der Waals surface area contributed by atoms with Crippen molar-refractivity contribution in [2.24, 2.45) is 0 Å². The topological polar surface area (TPSA) is 61.8 Å². The summed E-state index contributed by atoms with van der Waals surface area (Å²) in [6, 6.07) is 15.8. The minimum atomic E-state index is 0.0929. The predicted octanol–water partition coefficient (Wildman–Crippen LogP) is 3.25. The van der Waals surface area contributed by atoms with Gasteiger partial charge in [-0.3, -0.25) is 0 Å². The number of aliphatic hydroxyl groups excluding tert-OH is 1. The number of nitriles is 1. The van der Waals surface area contributed by atoms with Gasteiger partial charge in [0.2, 0.25) is 0 Å². The molecule has 0 amide bonds. The third-order valence-corrected chi connectivity index (χ3v) is 3.90. The van der Waals surface area contributed by atoms with E-state index in [1.54, 1.807) is 6.20 Å². The maximum Gasteiger partial charge on any atom is 0.110 e. The third kappa shape index (κ3) is 3.01. The van der Waals surface area contributed by atoms with E-state index in [1.165, 1.54) is 0 Å². The zero-order valence-electron chi connectivity index (χ0n) is 12.9. The first-order valence-corrected chi connectivity index (χ1v) is 7.47. The van der Waals surface area contributed by atoms with E-state index in [0.717, 1.165) is 28.2 Å². The first-order valence-electron chi connectivity index (χ1n) is 7.47. The Morgan fingerprint density at radius 2 is 1.96 bits per heavy atom. The molecule has 0 saturated carbocycles. The standard InChI is InChI=1S/C19H17N3O/c1-14-21-9-10-22(14)18-6-7-19(17(12-18)8-11-23)16-4-2-15(13-20)3-5-16/h2-7,9-10,12,23H,8,11H2,1H3. The van der Waals surface area contributed by atoms with Gasteiger partial charge in [-0.15, -0.1) is 0 Å². The molecule has 0 aliphatic heterocycles. The Labute approximate surface area is 135 Å². The van der Waals surface area contributed by atoms with Crippen LogP contribution in [0.3, 0.4) is 0 Å². The molecule has 1 aromatic heterocycles. The number of hydrogen-bond acceptors (Lipinski definition) is 3. The molecular formula is C19H17N3O. The molecule has 4 nitrogen and oxygen atoms in total. The first-order chi connectivity index (χ1) is 11.2. The van der Waals surface area contributed by atoms with E-state index >= 15 is 0 Å². The summed E-state index contributed by atoms with van der Waals surface area (Å²) < 4.78 is 2.02. The molecule has 0 atom stereocenters. The van der Waals surface area contributed by atoms with E-state index in [-0.39, 0.29) is 6.61 Å². The fourth-order valence-electron chi connectivity index (χ4n) is 2.71. The van der Waals surface area contributed by atoms with Gasteiger partial charge < -0.3 is 9.67 Å².